The van der Waals surface area contributed by atoms with E-state index in [0.29, 0.717) is 11.4 Å². The lowest BCUT2D eigenvalue weighted by Gasteiger charge is -2.08. The molecule has 0 saturated heterocycles. The average Bonchev–Trinajstić information content (AvgIpc) is 2.20. The first-order valence-corrected chi connectivity index (χ1v) is 5.49. The highest BCUT2D eigenvalue weighted by atomic mass is 79.9. The minimum Gasteiger partial charge on any atom is -0.254 e. The fourth-order valence-electron chi connectivity index (χ4n) is 1.08. The van der Waals surface area contributed by atoms with Gasteiger partial charge in [-0.3, -0.25) is 4.98 Å². The lowest BCUT2D eigenvalue weighted by molar-refractivity contribution is 0.151. The Morgan fingerprint density at radius 2 is 2.27 bits per heavy atom. The van der Waals surface area contributed by atoms with Crippen LogP contribution in [-0.2, 0) is 11.8 Å². The van der Waals surface area contributed by atoms with E-state index in [-0.39, 0.29) is 22.3 Å². The van der Waals surface area contributed by atoms with Crippen LogP contribution in [-0.4, -0.2) is 4.98 Å². The van der Waals surface area contributed by atoms with Gasteiger partial charge in [-0.2, -0.15) is 5.26 Å². The van der Waals surface area contributed by atoms with Gasteiger partial charge in [0.15, 0.2) is 0 Å². The van der Waals surface area contributed by atoms with Crippen LogP contribution < -0.4 is 0 Å². The molecular weight excluding hydrogens is 289 g/mol. The molecule has 0 aliphatic carbocycles. The van der Waals surface area contributed by atoms with Crippen molar-refractivity contribution in [3.05, 3.63) is 28.0 Å². The van der Waals surface area contributed by atoms with Crippen molar-refractivity contribution in [3.63, 3.8) is 0 Å². The largest absolute Gasteiger partial charge is 0.265 e. The summed E-state index contributed by atoms with van der Waals surface area (Å²) in [6.45, 7) is 0. The molecule has 0 aliphatic heterocycles. The van der Waals surface area contributed by atoms with E-state index >= 15 is 0 Å². The lowest BCUT2D eigenvalue weighted by Crippen LogP contribution is -1.99. The minimum atomic E-state index is -2.66. The third kappa shape index (κ3) is 2.86. The topological polar surface area (TPSA) is 36.7 Å². The zero-order valence-electron chi connectivity index (χ0n) is 7.48. The van der Waals surface area contributed by atoms with Gasteiger partial charge >= 0.3 is 0 Å². The first-order chi connectivity index (χ1) is 7.10. The molecule has 6 heteroatoms. The highest BCUT2D eigenvalue weighted by Crippen LogP contribution is 2.30. The Kier molecular flexibility index (Phi) is 4.43. The average molecular weight is 296 g/mol. The summed E-state index contributed by atoms with van der Waals surface area (Å²) >= 11 is 8.82. The van der Waals surface area contributed by atoms with Crippen LogP contribution in [0.3, 0.4) is 0 Å². The van der Waals surface area contributed by atoms with Crippen LogP contribution in [0, 0.1) is 11.3 Å². The predicted molar refractivity (Wildman–Crippen MR) is 56.2 cm³/mol. The van der Waals surface area contributed by atoms with Crippen molar-refractivity contribution in [2.75, 3.05) is 0 Å². The normalized spacial score (nSPS) is 10.4. The number of nitrogens with zero attached hydrogens (tertiary/aromatic N) is 2. The Hall–Kier alpha value is -0.730. The van der Waals surface area contributed by atoms with Crippen LogP contribution in [0.1, 0.15) is 23.4 Å². The van der Waals surface area contributed by atoms with E-state index in [2.05, 4.69) is 20.9 Å². The molecule has 0 saturated carbocycles. The van der Waals surface area contributed by atoms with Crippen LogP contribution in [0.15, 0.2) is 6.07 Å². The maximum absolute atomic E-state index is 12.6. The molecule has 15 heavy (non-hydrogen) atoms. The standard InChI is InChI=1S/C9H6BrClF2N2/c10-4-7-8(11)6(9(12)13)3-5(15-7)1-2-14/h3,9H,1,4H2. The molecular formula is C9H6BrClF2N2. The first kappa shape index (κ1) is 12.3. The second kappa shape index (κ2) is 5.38. The van der Waals surface area contributed by atoms with Crippen LogP contribution in [0.4, 0.5) is 8.78 Å². The molecule has 0 atom stereocenters. The molecule has 1 rings (SSSR count). The van der Waals surface area contributed by atoms with Crippen molar-refractivity contribution in [2.24, 2.45) is 0 Å². The number of pyridine rings is 1. The number of halogens is 4. The monoisotopic (exact) mass is 294 g/mol. The molecule has 0 aliphatic rings. The smallest absolute Gasteiger partial charge is 0.254 e. The van der Waals surface area contributed by atoms with Crippen molar-refractivity contribution < 1.29 is 8.78 Å². The van der Waals surface area contributed by atoms with E-state index in [0.717, 1.165) is 0 Å². The molecule has 1 heterocycles. The van der Waals surface area contributed by atoms with Crippen molar-refractivity contribution in [3.8, 4) is 6.07 Å². The van der Waals surface area contributed by atoms with E-state index in [4.69, 9.17) is 16.9 Å². The van der Waals surface area contributed by atoms with Crippen LogP contribution in [0.5, 0.6) is 0 Å². The lowest BCUT2D eigenvalue weighted by atomic mass is 10.1. The number of hydrogen-bond donors (Lipinski definition) is 0. The molecule has 0 aromatic carbocycles. The molecule has 0 bridgehead atoms. The Labute approximate surface area is 99.0 Å². The van der Waals surface area contributed by atoms with E-state index < -0.39 is 6.43 Å². The molecule has 0 spiro atoms. The van der Waals surface area contributed by atoms with Gasteiger partial charge in [0.25, 0.3) is 6.43 Å². The summed E-state index contributed by atoms with van der Waals surface area (Å²) in [5.41, 5.74) is 0.373. The quantitative estimate of drug-likeness (QED) is 0.798. The van der Waals surface area contributed by atoms with E-state index in [1.165, 1.54) is 6.07 Å². The Morgan fingerprint density at radius 3 is 2.73 bits per heavy atom. The van der Waals surface area contributed by atoms with E-state index in [1.807, 2.05) is 6.07 Å². The number of nitriles is 1. The first-order valence-electron chi connectivity index (χ1n) is 3.99. The molecule has 1 aromatic rings. The van der Waals surface area contributed by atoms with Gasteiger partial charge in [-0.05, 0) is 6.07 Å². The molecule has 0 radical (unpaired) electrons. The maximum atomic E-state index is 12.6. The molecule has 0 amide bonds. The summed E-state index contributed by atoms with van der Waals surface area (Å²) in [6, 6.07) is 3.02. The molecule has 2 nitrogen and oxygen atoms in total. The van der Waals surface area contributed by atoms with Gasteiger partial charge in [0.2, 0.25) is 0 Å². The second-order valence-electron chi connectivity index (χ2n) is 2.73. The fourth-order valence-corrected chi connectivity index (χ4v) is 1.90. The van der Waals surface area contributed by atoms with Gasteiger partial charge in [-0.1, -0.05) is 27.5 Å². The number of alkyl halides is 3. The van der Waals surface area contributed by atoms with Crippen molar-refractivity contribution >= 4 is 27.5 Å². The summed E-state index contributed by atoms with van der Waals surface area (Å²) < 4.78 is 25.1. The molecule has 1 aromatic heterocycles. The zero-order chi connectivity index (χ0) is 11.4. The van der Waals surface area contributed by atoms with E-state index in [1.54, 1.807) is 0 Å². The number of aromatic nitrogens is 1. The van der Waals surface area contributed by atoms with Gasteiger partial charge in [0.05, 0.1) is 28.9 Å². The van der Waals surface area contributed by atoms with Crippen LogP contribution in [0.25, 0.3) is 0 Å². The highest BCUT2D eigenvalue weighted by molar-refractivity contribution is 9.08. The molecule has 80 valence electrons. The summed E-state index contributed by atoms with van der Waals surface area (Å²) in [7, 11) is 0. The van der Waals surface area contributed by atoms with Crippen molar-refractivity contribution in [1.82, 2.24) is 4.98 Å². The summed E-state index contributed by atoms with van der Waals surface area (Å²) in [5.74, 6) is 0. The highest BCUT2D eigenvalue weighted by Gasteiger charge is 2.17. The van der Waals surface area contributed by atoms with Gasteiger partial charge < -0.3 is 0 Å². The second-order valence-corrected chi connectivity index (χ2v) is 3.67. The maximum Gasteiger partial charge on any atom is 0.265 e. The molecule has 0 N–H and O–H groups in total. The Morgan fingerprint density at radius 1 is 1.60 bits per heavy atom. The third-order valence-corrected chi connectivity index (χ3v) is 2.70. The van der Waals surface area contributed by atoms with Gasteiger partial charge in [0, 0.05) is 10.9 Å². The summed E-state index contributed by atoms with van der Waals surface area (Å²) in [4.78, 5) is 3.99. The summed E-state index contributed by atoms with van der Waals surface area (Å²) in [6.07, 6.45) is -2.66. The predicted octanol–water partition coefficient (Wildman–Crippen LogP) is 3.63. The fraction of sp³-hybridized carbons (Fsp3) is 0.333. The number of hydrogen-bond acceptors (Lipinski definition) is 2. The molecule has 0 unspecified atom stereocenters. The molecule has 0 fully saturated rings. The third-order valence-electron chi connectivity index (χ3n) is 1.73. The Balaban J connectivity index is 3.26. The SMILES string of the molecule is N#CCc1cc(C(F)F)c(Cl)c(CBr)n1. The van der Waals surface area contributed by atoms with Crippen molar-refractivity contribution in [2.45, 2.75) is 18.2 Å². The number of rotatable bonds is 3. The summed E-state index contributed by atoms with van der Waals surface area (Å²) in [5, 5.41) is 8.70. The van der Waals surface area contributed by atoms with Crippen LogP contribution >= 0.6 is 27.5 Å². The van der Waals surface area contributed by atoms with Gasteiger partial charge in [0.1, 0.15) is 0 Å². The van der Waals surface area contributed by atoms with Gasteiger partial charge in [-0.25, -0.2) is 8.78 Å². The van der Waals surface area contributed by atoms with Crippen LogP contribution in [0.2, 0.25) is 5.02 Å². The van der Waals surface area contributed by atoms with E-state index in [9.17, 15) is 8.78 Å². The zero-order valence-corrected chi connectivity index (χ0v) is 9.82. The van der Waals surface area contributed by atoms with Crippen molar-refractivity contribution in [1.29, 1.82) is 5.26 Å². The van der Waals surface area contributed by atoms with Gasteiger partial charge in [-0.15, -0.1) is 0 Å². The minimum absolute atomic E-state index is 0.00309. The Bertz CT molecular complexity index is 404.